The van der Waals surface area contributed by atoms with E-state index in [0.717, 1.165) is 4.47 Å². The highest BCUT2D eigenvalue weighted by Crippen LogP contribution is 2.37. The zero-order chi connectivity index (χ0) is 14.7. The van der Waals surface area contributed by atoms with E-state index in [4.69, 9.17) is 8.83 Å². The van der Waals surface area contributed by atoms with Gasteiger partial charge in [0.15, 0.2) is 17.1 Å². The van der Waals surface area contributed by atoms with E-state index in [1.807, 2.05) is 0 Å². The van der Waals surface area contributed by atoms with Gasteiger partial charge in [0.05, 0.1) is 5.39 Å². The zero-order valence-electron chi connectivity index (χ0n) is 10.4. The van der Waals surface area contributed by atoms with Crippen LogP contribution in [-0.4, -0.2) is 10.2 Å². The summed E-state index contributed by atoms with van der Waals surface area (Å²) >= 11 is 3.36. The number of benzene rings is 2. The largest absolute Gasteiger partial charge is 0.504 e. The quantitative estimate of drug-likeness (QED) is 0.373. The van der Waals surface area contributed by atoms with Gasteiger partial charge in [0.25, 0.3) is 0 Å². The second kappa shape index (κ2) is 4.02. The number of aromatic hydroxyl groups is 2. The van der Waals surface area contributed by atoms with Crippen LogP contribution in [0, 0.1) is 0 Å². The second-order valence-electron chi connectivity index (χ2n) is 4.67. The Morgan fingerprint density at radius 3 is 2.48 bits per heavy atom. The predicted octanol–water partition coefficient (Wildman–Crippen LogP) is 3.87. The van der Waals surface area contributed by atoms with Crippen LogP contribution in [0.4, 0.5) is 0 Å². The van der Waals surface area contributed by atoms with E-state index in [0.29, 0.717) is 27.5 Å². The Kier molecular flexibility index (Phi) is 2.35. The van der Waals surface area contributed by atoms with Crippen molar-refractivity contribution in [1.82, 2.24) is 0 Å². The van der Waals surface area contributed by atoms with Gasteiger partial charge in [-0.1, -0.05) is 15.9 Å². The van der Waals surface area contributed by atoms with Gasteiger partial charge in [0, 0.05) is 15.9 Å². The Balaban J connectivity index is 2.33. The average Bonchev–Trinajstić information content (AvgIpc) is 2.80. The van der Waals surface area contributed by atoms with Crippen molar-refractivity contribution in [3.63, 3.8) is 0 Å². The molecule has 2 heterocycles. The van der Waals surface area contributed by atoms with Gasteiger partial charge in [-0.3, -0.25) is 0 Å². The molecular weight excluding hydrogens is 340 g/mol. The molecule has 0 spiro atoms. The number of rotatable bonds is 0. The standard InChI is InChI=1S/C15H7BrO5/c16-6-1-2-11-8(3-6)14-13(15(19)21-11)7-4-9(17)10(18)5-12(7)20-14/h1-5,17-18H. The van der Waals surface area contributed by atoms with Gasteiger partial charge in [0.1, 0.15) is 16.6 Å². The molecule has 0 aliphatic rings. The molecule has 104 valence electrons. The Morgan fingerprint density at radius 2 is 1.67 bits per heavy atom. The molecule has 4 aromatic rings. The van der Waals surface area contributed by atoms with E-state index in [1.165, 1.54) is 12.1 Å². The van der Waals surface area contributed by atoms with Crippen molar-refractivity contribution in [3.05, 3.63) is 45.2 Å². The summed E-state index contributed by atoms with van der Waals surface area (Å²) in [6, 6.07) is 7.77. The summed E-state index contributed by atoms with van der Waals surface area (Å²) in [5.74, 6) is -0.629. The van der Waals surface area contributed by atoms with Crippen LogP contribution in [0.15, 0.2) is 48.4 Å². The molecule has 6 heteroatoms. The number of phenolic OH excluding ortho intramolecular Hbond substituents is 2. The summed E-state index contributed by atoms with van der Waals surface area (Å²) in [7, 11) is 0. The van der Waals surface area contributed by atoms with Gasteiger partial charge >= 0.3 is 5.63 Å². The third-order valence-electron chi connectivity index (χ3n) is 3.38. The second-order valence-corrected chi connectivity index (χ2v) is 5.59. The highest BCUT2D eigenvalue weighted by Gasteiger charge is 2.18. The van der Waals surface area contributed by atoms with Crippen LogP contribution in [0.25, 0.3) is 32.9 Å². The van der Waals surface area contributed by atoms with Crippen molar-refractivity contribution in [2.75, 3.05) is 0 Å². The average molecular weight is 347 g/mol. The number of hydrogen-bond donors (Lipinski definition) is 2. The monoisotopic (exact) mass is 346 g/mol. The molecule has 0 atom stereocenters. The lowest BCUT2D eigenvalue weighted by molar-refractivity contribution is 0.404. The molecule has 0 saturated carbocycles. The highest BCUT2D eigenvalue weighted by atomic mass is 79.9. The zero-order valence-corrected chi connectivity index (χ0v) is 12.0. The number of furan rings is 1. The molecule has 0 aliphatic carbocycles. The molecule has 0 radical (unpaired) electrons. The van der Waals surface area contributed by atoms with E-state index < -0.39 is 5.63 Å². The molecule has 5 nitrogen and oxygen atoms in total. The van der Waals surface area contributed by atoms with Crippen LogP contribution in [0.5, 0.6) is 11.5 Å². The topological polar surface area (TPSA) is 83.8 Å². The first kappa shape index (κ1) is 12.3. The minimum Gasteiger partial charge on any atom is -0.504 e. The molecule has 0 unspecified atom stereocenters. The van der Waals surface area contributed by atoms with E-state index in [-0.39, 0.29) is 16.9 Å². The van der Waals surface area contributed by atoms with Crippen LogP contribution in [0.1, 0.15) is 0 Å². The van der Waals surface area contributed by atoms with Gasteiger partial charge in [-0.05, 0) is 24.3 Å². The first-order valence-electron chi connectivity index (χ1n) is 6.05. The van der Waals surface area contributed by atoms with Gasteiger partial charge in [-0.25, -0.2) is 4.79 Å². The highest BCUT2D eigenvalue weighted by molar-refractivity contribution is 9.10. The number of halogens is 1. The lowest BCUT2D eigenvalue weighted by atomic mass is 10.1. The summed E-state index contributed by atoms with van der Waals surface area (Å²) < 4.78 is 11.8. The van der Waals surface area contributed by atoms with E-state index in [9.17, 15) is 15.0 Å². The molecule has 4 rings (SSSR count). The van der Waals surface area contributed by atoms with Gasteiger partial charge < -0.3 is 19.0 Å². The molecule has 21 heavy (non-hydrogen) atoms. The van der Waals surface area contributed by atoms with Crippen molar-refractivity contribution in [1.29, 1.82) is 0 Å². The molecule has 2 aromatic carbocycles. The van der Waals surface area contributed by atoms with Crippen molar-refractivity contribution in [3.8, 4) is 11.5 Å². The van der Waals surface area contributed by atoms with Crippen molar-refractivity contribution < 1.29 is 19.0 Å². The molecule has 0 amide bonds. The summed E-state index contributed by atoms with van der Waals surface area (Å²) in [6.07, 6.45) is 0. The van der Waals surface area contributed by atoms with Crippen LogP contribution in [0.2, 0.25) is 0 Å². The minimum absolute atomic E-state index is 0.242. The van der Waals surface area contributed by atoms with Crippen LogP contribution in [-0.2, 0) is 0 Å². The third kappa shape index (κ3) is 1.66. The molecule has 0 saturated heterocycles. The number of fused-ring (bicyclic) bond motifs is 5. The SMILES string of the molecule is O=c1oc2ccc(Br)cc2c2oc3cc(O)c(O)cc3c12. The minimum atomic E-state index is -0.552. The third-order valence-corrected chi connectivity index (χ3v) is 3.87. The molecule has 0 fully saturated rings. The van der Waals surface area contributed by atoms with Crippen molar-refractivity contribution in [2.45, 2.75) is 0 Å². The maximum atomic E-state index is 12.2. The first-order chi connectivity index (χ1) is 10.0. The Bertz CT molecular complexity index is 1090. The van der Waals surface area contributed by atoms with E-state index >= 15 is 0 Å². The van der Waals surface area contributed by atoms with E-state index in [2.05, 4.69) is 15.9 Å². The number of hydrogen-bond acceptors (Lipinski definition) is 5. The summed E-state index contributed by atoms with van der Waals surface area (Å²) in [6.45, 7) is 0. The van der Waals surface area contributed by atoms with Gasteiger partial charge in [-0.2, -0.15) is 0 Å². The summed E-state index contributed by atoms with van der Waals surface area (Å²) in [4.78, 5) is 12.2. The van der Waals surface area contributed by atoms with E-state index in [1.54, 1.807) is 18.2 Å². The Labute approximate surface area is 125 Å². The molecule has 2 N–H and O–H groups in total. The van der Waals surface area contributed by atoms with Crippen molar-refractivity contribution >= 4 is 48.8 Å². The Hall–Kier alpha value is -2.47. The lowest BCUT2D eigenvalue weighted by Crippen LogP contribution is -1.98. The van der Waals surface area contributed by atoms with Gasteiger partial charge in [0.2, 0.25) is 0 Å². The smallest absolute Gasteiger partial charge is 0.348 e. The molecule has 0 aliphatic heterocycles. The lowest BCUT2D eigenvalue weighted by Gasteiger charge is -1.98. The fourth-order valence-corrected chi connectivity index (χ4v) is 2.79. The normalized spacial score (nSPS) is 11.7. The maximum Gasteiger partial charge on any atom is 0.348 e. The maximum absolute atomic E-state index is 12.2. The van der Waals surface area contributed by atoms with Crippen molar-refractivity contribution in [2.24, 2.45) is 0 Å². The molecule has 0 bridgehead atoms. The fourth-order valence-electron chi connectivity index (χ4n) is 2.43. The molecule has 2 aromatic heterocycles. The number of phenols is 2. The van der Waals surface area contributed by atoms with Crippen LogP contribution < -0.4 is 5.63 Å². The fraction of sp³-hybridized carbons (Fsp3) is 0. The van der Waals surface area contributed by atoms with Gasteiger partial charge in [-0.15, -0.1) is 0 Å². The molecular formula is C15H7BrO5. The van der Waals surface area contributed by atoms with Crippen LogP contribution in [0.3, 0.4) is 0 Å². The summed E-state index contributed by atoms with van der Waals surface area (Å²) in [5, 5.41) is 20.4. The predicted molar refractivity (Wildman–Crippen MR) is 80.8 cm³/mol. The Morgan fingerprint density at radius 1 is 0.905 bits per heavy atom. The van der Waals surface area contributed by atoms with Crippen LogP contribution >= 0.6 is 15.9 Å². The first-order valence-corrected chi connectivity index (χ1v) is 6.84. The summed E-state index contributed by atoms with van der Waals surface area (Å²) in [5.41, 5.74) is 0.523.